The molecule has 2 fully saturated rings. The largest absolute Gasteiger partial charge is 0.481 e. The van der Waals surface area contributed by atoms with Crippen LogP contribution in [0.5, 0.6) is 0 Å². The summed E-state index contributed by atoms with van der Waals surface area (Å²) in [7, 11) is 0. The smallest absolute Gasteiger partial charge is 0.305 e. The maximum Gasteiger partial charge on any atom is 0.305 e. The van der Waals surface area contributed by atoms with Crippen LogP contribution in [0.1, 0.15) is 51.9 Å². The molecule has 1 N–H and O–H groups in total. The van der Waals surface area contributed by atoms with E-state index in [1.54, 1.807) is 0 Å². The van der Waals surface area contributed by atoms with E-state index in [2.05, 4.69) is 4.90 Å². The van der Waals surface area contributed by atoms with Gasteiger partial charge in [0.15, 0.2) is 0 Å². The molecule has 0 aromatic carbocycles. The third-order valence-electron chi connectivity index (χ3n) is 4.37. The van der Waals surface area contributed by atoms with E-state index >= 15 is 0 Å². The molecule has 0 spiro atoms. The maximum absolute atomic E-state index is 11.1. The van der Waals surface area contributed by atoms with E-state index in [9.17, 15) is 4.79 Å². The van der Waals surface area contributed by atoms with Gasteiger partial charge < -0.3 is 9.84 Å². The zero-order valence-electron chi connectivity index (χ0n) is 11.4. The zero-order chi connectivity index (χ0) is 13.0. The van der Waals surface area contributed by atoms with Crippen LogP contribution in [-0.2, 0) is 9.53 Å². The maximum atomic E-state index is 11.1. The van der Waals surface area contributed by atoms with Gasteiger partial charge in [-0.05, 0) is 45.7 Å². The van der Waals surface area contributed by atoms with Gasteiger partial charge in [-0.15, -0.1) is 0 Å². The van der Waals surface area contributed by atoms with Crippen LogP contribution >= 0.6 is 0 Å². The van der Waals surface area contributed by atoms with Crippen molar-refractivity contribution in [2.24, 2.45) is 0 Å². The lowest BCUT2D eigenvalue weighted by atomic mass is 9.70. The quantitative estimate of drug-likeness (QED) is 0.818. The minimum atomic E-state index is -0.672. The van der Waals surface area contributed by atoms with E-state index in [4.69, 9.17) is 9.84 Å². The van der Waals surface area contributed by atoms with E-state index in [-0.39, 0.29) is 18.1 Å². The van der Waals surface area contributed by atoms with Crippen molar-refractivity contribution in [1.29, 1.82) is 0 Å². The molecule has 18 heavy (non-hydrogen) atoms. The van der Waals surface area contributed by atoms with Crippen molar-refractivity contribution in [3.63, 3.8) is 0 Å². The zero-order valence-corrected chi connectivity index (χ0v) is 11.4. The summed E-state index contributed by atoms with van der Waals surface area (Å²) in [6.07, 6.45) is 7.33. The summed E-state index contributed by atoms with van der Waals surface area (Å²) in [4.78, 5) is 13.6. The number of nitrogens with zero attached hydrogens (tertiary/aromatic N) is 1. The number of rotatable bonds is 5. The first-order chi connectivity index (χ1) is 8.66. The first kappa shape index (κ1) is 13.8. The lowest BCUT2D eigenvalue weighted by molar-refractivity contribution is -0.151. The first-order valence-electron chi connectivity index (χ1n) is 7.25. The molecule has 2 aliphatic rings. The highest BCUT2D eigenvalue weighted by atomic mass is 16.5. The molecule has 2 rings (SSSR count). The normalized spacial score (nSPS) is 33.7. The van der Waals surface area contributed by atoms with E-state index < -0.39 is 5.97 Å². The molecule has 0 aromatic heterocycles. The van der Waals surface area contributed by atoms with Gasteiger partial charge in [-0.25, -0.2) is 0 Å². The predicted molar refractivity (Wildman–Crippen MR) is 69.7 cm³/mol. The van der Waals surface area contributed by atoms with Gasteiger partial charge in [0.1, 0.15) is 0 Å². The van der Waals surface area contributed by atoms with Crippen molar-refractivity contribution >= 4 is 5.97 Å². The summed E-state index contributed by atoms with van der Waals surface area (Å²) < 4.78 is 5.62. The average Bonchev–Trinajstić information content (AvgIpc) is 2.54. The molecule has 0 radical (unpaired) electrons. The molecular weight excluding hydrogens is 230 g/mol. The Morgan fingerprint density at radius 1 is 1.28 bits per heavy atom. The summed E-state index contributed by atoms with van der Waals surface area (Å²) in [5.41, 5.74) is -0.115. The van der Waals surface area contributed by atoms with E-state index in [0.717, 1.165) is 32.5 Å². The van der Waals surface area contributed by atoms with Gasteiger partial charge >= 0.3 is 5.97 Å². The molecule has 1 heterocycles. The van der Waals surface area contributed by atoms with Gasteiger partial charge in [-0.3, -0.25) is 9.69 Å². The topological polar surface area (TPSA) is 49.8 Å². The number of carbonyl (C=O) groups is 1. The number of hydrogen-bond donors (Lipinski definition) is 1. The van der Waals surface area contributed by atoms with E-state index in [1.165, 1.54) is 25.7 Å². The summed E-state index contributed by atoms with van der Waals surface area (Å²) in [6.45, 7) is 4.86. The van der Waals surface area contributed by atoms with Gasteiger partial charge in [-0.1, -0.05) is 12.8 Å². The van der Waals surface area contributed by atoms with E-state index in [1.807, 2.05) is 6.92 Å². The van der Waals surface area contributed by atoms with Crippen molar-refractivity contribution in [2.45, 2.75) is 63.5 Å². The van der Waals surface area contributed by atoms with Crippen LogP contribution in [0.25, 0.3) is 0 Å². The van der Waals surface area contributed by atoms with Gasteiger partial charge in [-0.2, -0.15) is 0 Å². The summed E-state index contributed by atoms with van der Waals surface area (Å²) in [5.74, 6) is -0.672. The monoisotopic (exact) mass is 255 g/mol. The lowest BCUT2D eigenvalue weighted by Gasteiger charge is -2.53. The number of carboxylic acid groups (broad SMARTS) is 1. The second-order valence-corrected chi connectivity index (χ2v) is 5.68. The fraction of sp³-hybridized carbons (Fsp3) is 0.929. The molecule has 0 atom stereocenters. The molecule has 1 aliphatic heterocycles. The predicted octanol–water partition coefficient (Wildman–Crippen LogP) is 2.27. The Morgan fingerprint density at radius 2 is 1.89 bits per heavy atom. The van der Waals surface area contributed by atoms with Gasteiger partial charge in [0, 0.05) is 12.1 Å². The summed E-state index contributed by atoms with van der Waals surface area (Å²) in [6, 6.07) is 0. The standard InChI is InChI=1S/C14H25NO3/c1-2-18-12-9-14(10-12,11-13(16)17)15-7-5-3-4-6-8-15/h12H,2-11H2,1H3,(H,16,17). The highest BCUT2D eigenvalue weighted by Gasteiger charge is 2.50. The Labute approximate surface area is 109 Å². The molecule has 104 valence electrons. The Kier molecular flexibility index (Phi) is 4.62. The van der Waals surface area contributed by atoms with Gasteiger partial charge in [0.2, 0.25) is 0 Å². The number of hydrogen-bond acceptors (Lipinski definition) is 3. The Morgan fingerprint density at radius 3 is 2.39 bits per heavy atom. The van der Waals surface area contributed by atoms with Crippen LogP contribution in [0.4, 0.5) is 0 Å². The Hall–Kier alpha value is -0.610. The summed E-state index contributed by atoms with van der Waals surface area (Å²) >= 11 is 0. The number of ether oxygens (including phenoxy) is 1. The molecular formula is C14H25NO3. The minimum Gasteiger partial charge on any atom is -0.481 e. The Balaban J connectivity index is 1.99. The molecule has 4 nitrogen and oxygen atoms in total. The molecule has 1 saturated carbocycles. The van der Waals surface area contributed by atoms with Crippen molar-refractivity contribution in [1.82, 2.24) is 4.90 Å². The lowest BCUT2D eigenvalue weighted by Crippen LogP contribution is -2.61. The fourth-order valence-electron chi connectivity index (χ4n) is 3.48. The second-order valence-electron chi connectivity index (χ2n) is 5.68. The van der Waals surface area contributed by atoms with E-state index in [0.29, 0.717) is 0 Å². The molecule has 1 saturated heterocycles. The number of carboxylic acids is 1. The van der Waals surface area contributed by atoms with Crippen molar-refractivity contribution in [3.8, 4) is 0 Å². The first-order valence-corrected chi connectivity index (χ1v) is 7.25. The molecule has 1 aliphatic carbocycles. The Bertz CT molecular complexity index is 279. The van der Waals surface area contributed by atoms with Crippen LogP contribution in [0.2, 0.25) is 0 Å². The number of likely N-dealkylation sites (tertiary alicyclic amines) is 1. The average molecular weight is 255 g/mol. The highest BCUT2D eigenvalue weighted by molar-refractivity contribution is 5.68. The van der Waals surface area contributed by atoms with Crippen LogP contribution in [0, 0.1) is 0 Å². The minimum absolute atomic E-state index is 0.115. The van der Waals surface area contributed by atoms with Gasteiger partial charge in [0.25, 0.3) is 0 Å². The molecule has 0 aromatic rings. The van der Waals surface area contributed by atoms with Crippen LogP contribution in [0.15, 0.2) is 0 Å². The fourth-order valence-corrected chi connectivity index (χ4v) is 3.48. The molecule has 4 heteroatoms. The highest BCUT2D eigenvalue weighted by Crippen LogP contribution is 2.43. The van der Waals surface area contributed by atoms with Crippen molar-refractivity contribution in [2.75, 3.05) is 19.7 Å². The summed E-state index contributed by atoms with van der Waals surface area (Å²) in [5, 5.41) is 9.16. The molecule has 0 amide bonds. The van der Waals surface area contributed by atoms with Crippen LogP contribution < -0.4 is 0 Å². The molecule has 0 unspecified atom stereocenters. The van der Waals surface area contributed by atoms with Crippen LogP contribution in [0.3, 0.4) is 0 Å². The van der Waals surface area contributed by atoms with Crippen LogP contribution in [-0.4, -0.2) is 47.3 Å². The second kappa shape index (κ2) is 6.02. The molecule has 0 bridgehead atoms. The third-order valence-corrected chi connectivity index (χ3v) is 4.37. The van der Waals surface area contributed by atoms with Crippen molar-refractivity contribution in [3.05, 3.63) is 0 Å². The third kappa shape index (κ3) is 3.04. The number of aliphatic carboxylic acids is 1. The van der Waals surface area contributed by atoms with Gasteiger partial charge in [0.05, 0.1) is 12.5 Å². The SMILES string of the molecule is CCOC1CC(CC(=O)O)(N2CCCCCC2)C1. The van der Waals surface area contributed by atoms with Crippen molar-refractivity contribution < 1.29 is 14.6 Å².